The lowest BCUT2D eigenvalue weighted by Crippen LogP contribution is -2.34. The fourth-order valence-corrected chi connectivity index (χ4v) is 1.57. The third-order valence-electron chi connectivity index (χ3n) is 2.33. The normalized spacial score (nSPS) is 27.8. The highest BCUT2D eigenvalue weighted by Gasteiger charge is 2.31. The molecule has 0 radical (unpaired) electrons. The molecule has 2 rings (SSSR count). The SMILES string of the molecule is CC1(c2cccc(F)c2)NCCO1. The molecule has 1 aliphatic rings. The van der Waals surface area contributed by atoms with Crippen LogP contribution in [-0.2, 0) is 10.5 Å². The quantitative estimate of drug-likeness (QED) is 0.710. The van der Waals surface area contributed by atoms with Crippen molar-refractivity contribution in [2.24, 2.45) is 0 Å². The minimum Gasteiger partial charge on any atom is -0.355 e. The van der Waals surface area contributed by atoms with Crippen molar-refractivity contribution < 1.29 is 9.13 Å². The lowest BCUT2D eigenvalue weighted by atomic mass is 10.1. The summed E-state index contributed by atoms with van der Waals surface area (Å²) < 4.78 is 18.4. The highest BCUT2D eigenvalue weighted by Crippen LogP contribution is 2.25. The van der Waals surface area contributed by atoms with Crippen LogP contribution in [-0.4, -0.2) is 13.2 Å². The minimum atomic E-state index is -0.512. The summed E-state index contributed by atoms with van der Waals surface area (Å²) in [6.07, 6.45) is 0. The van der Waals surface area contributed by atoms with Gasteiger partial charge >= 0.3 is 0 Å². The van der Waals surface area contributed by atoms with Crippen molar-refractivity contribution in [2.75, 3.05) is 13.2 Å². The van der Waals surface area contributed by atoms with Crippen molar-refractivity contribution in [1.82, 2.24) is 5.32 Å². The van der Waals surface area contributed by atoms with Crippen molar-refractivity contribution >= 4 is 0 Å². The van der Waals surface area contributed by atoms with Crippen molar-refractivity contribution in [3.8, 4) is 0 Å². The van der Waals surface area contributed by atoms with Crippen molar-refractivity contribution in [2.45, 2.75) is 12.6 Å². The smallest absolute Gasteiger partial charge is 0.142 e. The highest BCUT2D eigenvalue weighted by atomic mass is 19.1. The van der Waals surface area contributed by atoms with Gasteiger partial charge in [0.05, 0.1) is 6.61 Å². The molecule has 1 atom stereocenters. The second kappa shape index (κ2) is 3.09. The van der Waals surface area contributed by atoms with Crippen LogP contribution in [0.4, 0.5) is 4.39 Å². The Morgan fingerprint density at radius 3 is 3.00 bits per heavy atom. The van der Waals surface area contributed by atoms with Crippen LogP contribution in [0.25, 0.3) is 0 Å². The van der Waals surface area contributed by atoms with E-state index in [0.29, 0.717) is 6.61 Å². The molecule has 0 aliphatic carbocycles. The van der Waals surface area contributed by atoms with Gasteiger partial charge in [0.2, 0.25) is 0 Å². The van der Waals surface area contributed by atoms with E-state index in [0.717, 1.165) is 12.1 Å². The van der Waals surface area contributed by atoms with Gasteiger partial charge in [-0.3, -0.25) is 5.32 Å². The lowest BCUT2D eigenvalue weighted by Gasteiger charge is -2.23. The van der Waals surface area contributed by atoms with Crippen molar-refractivity contribution in [3.63, 3.8) is 0 Å². The first-order valence-corrected chi connectivity index (χ1v) is 4.36. The van der Waals surface area contributed by atoms with Crippen LogP contribution >= 0.6 is 0 Å². The summed E-state index contributed by atoms with van der Waals surface area (Å²) in [4.78, 5) is 0. The zero-order valence-corrected chi connectivity index (χ0v) is 7.51. The minimum absolute atomic E-state index is 0.226. The molecule has 2 nitrogen and oxygen atoms in total. The Hall–Kier alpha value is -0.930. The fourth-order valence-electron chi connectivity index (χ4n) is 1.57. The molecule has 3 heteroatoms. The average molecular weight is 181 g/mol. The highest BCUT2D eigenvalue weighted by molar-refractivity contribution is 5.22. The van der Waals surface area contributed by atoms with E-state index in [1.54, 1.807) is 6.07 Å². The Bertz CT molecular complexity index is 308. The summed E-state index contributed by atoms with van der Waals surface area (Å²) in [5, 5.41) is 3.19. The van der Waals surface area contributed by atoms with Crippen LogP contribution in [0.15, 0.2) is 24.3 Å². The van der Waals surface area contributed by atoms with Crippen LogP contribution in [0.3, 0.4) is 0 Å². The molecule has 0 spiro atoms. The van der Waals surface area contributed by atoms with Crippen LogP contribution in [0.2, 0.25) is 0 Å². The van der Waals surface area contributed by atoms with E-state index in [-0.39, 0.29) is 5.82 Å². The second-order valence-corrected chi connectivity index (χ2v) is 3.32. The Labute approximate surface area is 76.7 Å². The van der Waals surface area contributed by atoms with E-state index >= 15 is 0 Å². The van der Waals surface area contributed by atoms with Crippen LogP contribution < -0.4 is 5.32 Å². The Morgan fingerprint density at radius 2 is 2.38 bits per heavy atom. The molecule has 0 amide bonds. The molecule has 0 saturated carbocycles. The zero-order chi connectivity index (χ0) is 9.31. The van der Waals surface area contributed by atoms with Gasteiger partial charge in [0.15, 0.2) is 0 Å². The predicted octanol–water partition coefficient (Wildman–Crippen LogP) is 1.62. The van der Waals surface area contributed by atoms with Gasteiger partial charge in [-0.05, 0) is 19.1 Å². The molecule has 1 N–H and O–H groups in total. The van der Waals surface area contributed by atoms with Crippen molar-refractivity contribution in [3.05, 3.63) is 35.6 Å². The number of hydrogen-bond donors (Lipinski definition) is 1. The van der Waals surface area contributed by atoms with Gasteiger partial charge < -0.3 is 4.74 Å². The molecule has 0 bridgehead atoms. The lowest BCUT2D eigenvalue weighted by molar-refractivity contribution is 0.00224. The van der Waals surface area contributed by atoms with Crippen LogP contribution in [0.5, 0.6) is 0 Å². The summed E-state index contributed by atoms with van der Waals surface area (Å²) in [5.74, 6) is -0.226. The van der Waals surface area contributed by atoms with Gasteiger partial charge in [0.1, 0.15) is 11.5 Å². The van der Waals surface area contributed by atoms with Crippen LogP contribution in [0, 0.1) is 5.82 Å². The number of benzene rings is 1. The maximum absolute atomic E-state index is 12.9. The predicted molar refractivity (Wildman–Crippen MR) is 47.7 cm³/mol. The fraction of sp³-hybridized carbons (Fsp3) is 0.400. The first kappa shape index (κ1) is 8.66. The third kappa shape index (κ3) is 1.57. The first-order chi connectivity index (χ1) is 6.21. The Kier molecular flexibility index (Phi) is 2.06. The monoisotopic (exact) mass is 181 g/mol. The van der Waals surface area contributed by atoms with E-state index in [1.165, 1.54) is 12.1 Å². The molecule has 13 heavy (non-hydrogen) atoms. The largest absolute Gasteiger partial charge is 0.355 e. The molecular formula is C10H12FNO. The number of rotatable bonds is 1. The maximum atomic E-state index is 12.9. The number of hydrogen-bond acceptors (Lipinski definition) is 2. The molecule has 1 fully saturated rings. The summed E-state index contributed by atoms with van der Waals surface area (Å²) >= 11 is 0. The van der Waals surface area contributed by atoms with E-state index < -0.39 is 5.72 Å². The molecule has 70 valence electrons. The van der Waals surface area contributed by atoms with Gasteiger partial charge in [-0.15, -0.1) is 0 Å². The Balaban J connectivity index is 2.33. The first-order valence-electron chi connectivity index (χ1n) is 4.36. The Morgan fingerprint density at radius 1 is 1.54 bits per heavy atom. The molecule has 1 aromatic carbocycles. The summed E-state index contributed by atoms with van der Waals surface area (Å²) in [6.45, 7) is 3.40. The summed E-state index contributed by atoms with van der Waals surface area (Å²) in [7, 11) is 0. The summed E-state index contributed by atoms with van der Waals surface area (Å²) in [5.41, 5.74) is 0.326. The number of ether oxygens (including phenoxy) is 1. The number of halogens is 1. The van der Waals surface area contributed by atoms with E-state index in [9.17, 15) is 4.39 Å². The van der Waals surface area contributed by atoms with Gasteiger partial charge in [0, 0.05) is 12.1 Å². The van der Waals surface area contributed by atoms with E-state index in [4.69, 9.17) is 4.74 Å². The topological polar surface area (TPSA) is 21.3 Å². The molecule has 1 unspecified atom stereocenters. The van der Waals surface area contributed by atoms with Gasteiger partial charge in [-0.1, -0.05) is 12.1 Å². The summed E-state index contributed by atoms with van der Waals surface area (Å²) in [6, 6.07) is 6.49. The van der Waals surface area contributed by atoms with E-state index in [1.807, 2.05) is 13.0 Å². The van der Waals surface area contributed by atoms with Crippen LogP contribution in [0.1, 0.15) is 12.5 Å². The van der Waals surface area contributed by atoms with E-state index in [2.05, 4.69) is 5.32 Å². The molecule has 1 aliphatic heterocycles. The third-order valence-corrected chi connectivity index (χ3v) is 2.33. The number of nitrogens with one attached hydrogen (secondary N) is 1. The maximum Gasteiger partial charge on any atom is 0.142 e. The molecule has 1 saturated heterocycles. The second-order valence-electron chi connectivity index (χ2n) is 3.32. The average Bonchev–Trinajstić information content (AvgIpc) is 2.54. The van der Waals surface area contributed by atoms with Gasteiger partial charge in [-0.2, -0.15) is 0 Å². The van der Waals surface area contributed by atoms with Gasteiger partial charge in [-0.25, -0.2) is 4.39 Å². The van der Waals surface area contributed by atoms with Gasteiger partial charge in [0.25, 0.3) is 0 Å². The molecule has 1 heterocycles. The molecule has 0 aromatic heterocycles. The van der Waals surface area contributed by atoms with Crippen molar-refractivity contribution in [1.29, 1.82) is 0 Å². The molecule has 1 aromatic rings. The zero-order valence-electron chi connectivity index (χ0n) is 7.51. The molecular weight excluding hydrogens is 169 g/mol. The standard InChI is InChI=1S/C10H12FNO/c1-10(12-5-6-13-10)8-3-2-4-9(11)7-8/h2-4,7,12H,5-6H2,1H3.